The smallest absolute Gasteiger partial charge is 0.251 e. The Hall–Kier alpha value is -1.31. The highest BCUT2D eigenvalue weighted by atomic mass is 16.1. The molecule has 2 nitrogen and oxygen atoms in total. The molecule has 0 saturated carbocycles. The largest absolute Gasteiger partial charge is 0.352 e. The maximum absolute atomic E-state index is 11.7. The van der Waals surface area contributed by atoms with E-state index in [1.54, 1.807) is 0 Å². The van der Waals surface area contributed by atoms with Crippen LogP contribution in [0.4, 0.5) is 0 Å². The minimum absolute atomic E-state index is 0.000217. The highest BCUT2D eigenvalue weighted by molar-refractivity contribution is 5.94. The van der Waals surface area contributed by atoms with Crippen molar-refractivity contribution in [3.63, 3.8) is 0 Å². The Labute approximate surface area is 124 Å². The van der Waals surface area contributed by atoms with Crippen molar-refractivity contribution >= 4 is 5.91 Å². The van der Waals surface area contributed by atoms with Gasteiger partial charge in [0.1, 0.15) is 0 Å². The Bertz CT molecular complexity index is 370. The minimum atomic E-state index is -0.000217. The molecular weight excluding hydrogens is 246 g/mol. The summed E-state index contributed by atoms with van der Waals surface area (Å²) in [5.74, 6) is -0.000217. The van der Waals surface area contributed by atoms with E-state index in [0.29, 0.717) is 6.54 Å². The number of aryl methyl sites for hydroxylation is 1. The van der Waals surface area contributed by atoms with E-state index >= 15 is 0 Å². The molecule has 1 aromatic carbocycles. The Morgan fingerprint density at radius 3 is 2.35 bits per heavy atom. The van der Waals surface area contributed by atoms with E-state index in [1.165, 1.54) is 44.1 Å². The molecular formula is C18H28NO. The van der Waals surface area contributed by atoms with Crippen LogP contribution in [0.1, 0.15) is 67.8 Å². The van der Waals surface area contributed by atoms with Gasteiger partial charge in [-0.25, -0.2) is 0 Å². The summed E-state index contributed by atoms with van der Waals surface area (Å²) in [6, 6.07) is 7.99. The van der Waals surface area contributed by atoms with E-state index < -0.39 is 0 Å². The Morgan fingerprint density at radius 1 is 1.05 bits per heavy atom. The molecule has 0 aliphatic rings. The molecule has 0 bridgehead atoms. The maximum Gasteiger partial charge on any atom is 0.251 e. The van der Waals surface area contributed by atoms with Crippen LogP contribution in [-0.2, 0) is 6.42 Å². The number of hydrogen-bond donors (Lipinski definition) is 1. The summed E-state index contributed by atoms with van der Waals surface area (Å²) in [5, 5.41) is 2.84. The molecule has 2 heteroatoms. The molecule has 1 radical (unpaired) electrons. The van der Waals surface area contributed by atoms with Crippen LogP contribution < -0.4 is 5.32 Å². The second-order valence-corrected chi connectivity index (χ2v) is 5.32. The second kappa shape index (κ2) is 10.5. The van der Waals surface area contributed by atoms with Crippen molar-refractivity contribution in [2.45, 2.75) is 58.3 Å². The van der Waals surface area contributed by atoms with Crippen molar-refractivity contribution in [1.29, 1.82) is 0 Å². The van der Waals surface area contributed by atoms with E-state index in [9.17, 15) is 4.79 Å². The van der Waals surface area contributed by atoms with E-state index in [0.717, 1.165) is 18.4 Å². The molecule has 111 valence electrons. The van der Waals surface area contributed by atoms with Crippen LogP contribution in [-0.4, -0.2) is 12.5 Å². The van der Waals surface area contributed by atoms with Gasteiger partial charge in [-0.3, -0.25) is 4.79 Å². The number of unbranched alkanes of at least 4 members (excludes halogenated alkanes) is 5. The molecule has 0 heterocycles. The molecule has 0 spiro atoms. The van der Waals surface area contributed by atoms with Gasteiger partial charge in [0.2, 0.25) is 0 Å². The predicted molar refractivity (Wildman–Crippen MR) is 85.8 cm³/mol. The third-order valence-electron chi connectivity index (χ3n) is 3.50. The zero-order valence-corrected chi connectivity index (χ0v) is 12.8. The number of benzene rings is 1. The lowest BCUT2D eigenvalue weighted by Crippen LogP contribution is -2.23. The highest BCUT2D eigenvalue weighted by Gasteiger charge is 2.03. The van der Waals surface area contributed by atoms with Gasteiger partial charge in [-0.2, -0.15) is 0 Å². The van der Waals surface area contributed by atoms with Crippen molar-refractivity contribution in [2.24, 2.45) is 0 Å². The topological polar surface area (TPSA) is 29.1 Å². The van der Waals surface area contributed by atoms with Gasteiger partial charge >= 0.3 is 0 Å². The molecule has 1 rings (SSSR count). The van der Waals surface area contributed by atoms with Crippen molar-refractivity contribution in [3.8, 4) is 0 Å². The van der Waals surface area contributed by atoms with Gasteiger partial charge in [-0.05, 0) is 37.0 Å². The Balaban J connectivity index is 2.26. The van der Waals surface area contributed by atoms with Crippen molar-refractivity contribution in [2.75, 3.05) is 6.54 Å². The van der Waals surface area contributed by atoms with Gasteiger partial charge < -0.3 is 5.32 Å². The first-order valence-corrected chi connectivity index (χ1v) is 7.94. The van der Waals surface area contributed by atoms with Gasteiger partial charge in [0.25, 0.3) is 5.91 Å². The summed E-state index contributed by atoms with van der Waals surface area (Å²) in [6.45, 7) is 6.59. The normalized spacial score (nSPS) is 10.5. The Morgan fingerprint density at radius 2 is 1.70 bits per heavy atom. The third-order valence-corrected chi connectivity index (χ3v) is 3.50. The lowest BCUT2D eigenvalue weighted by molar-refractivity contribution is 0.0954. The van der Waals surface area contributed by atoms with E-state index in [-0.39, 0.29) is 5.91 Å². The predicted octanol–water partition coefficient (Wildman–Crippen LogP) is 4.54. The number of carbonyl (C=O) groups excluding carboxylic acids is 1. The third kappa shape index (κ3) is 6.74. The van der Waals surface area contributed by atoms with Gasteiger partial charge in [-0.1, -0.05) is 58.1 Å². The zero-order chi connectivity index (χ0) is 14.6. The molecule has 0 unspecified atom stereocenters. The van der Waals surface area contributed by atoms with E-state index in [4.69, 9.17) is 0 Å². The molecule has 0 aliphatic heterocycles. The van der Waals surface area contributed by atoms with Crippen LogP contribution >= 0.6 is 0 Å². The first-order valence-electron chi connectivity index (χ1n) is 7.94. The average Bonchev–Trinajstić information content (AvgIpc) is 2.49. The van der Waals surface area contributed by atoms with E-state index in [1.807, 2.05) is 12.1 Å². The zero-order valence-electron chi connectivity index (χ0n) is 12.8. The Kier molecular flexibility index (Phi) is 8.77. The molecule has 0 aliphatic carbocycles. The molecule has 1 N–H and O–H groups in total. The first-order chi connectivity index (χ1) is 9.77. The maximum atomic E-state index is 11.7. The van der Waals surface area contributed by atoms with Crippen LogP contribution in [0.15, 0.2) is 24.3 Å². The molecule has 1 amide bonds. The minimum Gasteiger partial charge on any atom is -0.352 e. The van der Waals surface area contributed by atoms with Gasteiger partial charge in [0.05, 0.1) is 0 Å². The van der Waals surface area contributed by atoms with Crippen LogP contribution in [0.2, 0.25) is 0 Å². The number of rotatable bonds is 10. The SMILES string of the molecule is [CH2]CCNC(=O)c1ccc(CCCCCCCC)cc1. The summed E-state index contributed by atoms with van der Waals surface area (Å²) in [6.07, 6.45) is 9.77. The van der Waals surface area contributed by atoms with Crippen LogP contribution in [0.25, 0.3) is 0 Å². The fraction of sp³-hybridized carbons (Fsp3) is 0.556. The van der Waals surface area contributed by atoms with Crippen molar-refractivity contribution in [1.82, 2.24) is 5.32 Å². The van der Waals surface area contributed by atoms with Crippen molar-refractivity contribution in [3.05, 3.63) is 42.3 Å². The fourth-order valence-corrected chi connectivity index (χ4v) is 2.24. The van der Waals surface area contributed by atoms with Gasteiger partial charge in [0.15, 0.2) is 0 Å². The van der Waals surface area contributed by atoms with Gasteiger partial charge in [0, 0.05) is 12.1 Å². The molecule has 0 fully saturated rings. The van der Waals surface area contributed by atoms with Crippen LogP contribution in [0.5, 0.6) is 0 Å². The lowest BCUT2D eigenvalue weighted by Gasteiger charge is -2.05. The number of hydrogen-bond acceptors (Lipinski definition) is 1. The number of amides is 1. The van der Waals surface area contributed by atoms with Crippen LogP contribution in [0.3, 0.4) is 0 Å². The lowest BCUT2D eigenvalue weighted by atomic mass is 10.0. The molecule has 1 aromatic rings. The monoisotopic (exact) mass is 274 g/mol. The second-order valence-electron chi connectivity index (χ2n) is 5.32. The van der Waals surface area contributed by atoms with Gasteiger partial charge in [-0.15, -0.1) is 0 Å². The summed E-state index contributed by atoms with van der Waals surface area (Å²) in [7, 11) is 0. The summed E-state index contributed by atoms with van der Waals surface area (Å²) in [4.78, 5) is 11.7. The van der Waals surface area contributed by atoms with E-state index in [2.05, 4.69) is 31.3 Å². The van der Waals surface area contributed by atoms with Crippen LogP contribution in [0, 0.1) is 6.92 Å². The summed E-state index contributed by atoms with van der Waals surface area (Å²) >= 11 is 0. The quantitative estimate of drug-likeness (QED) is 0.623. The average molecular weight is 274 g/mol. The highest BCUT2D eigenvalue weighted by Crippen LogP contribution is 2.11. The first kappa shape index (κ1) is 16.7. The number of carbonyl (C=O) groups is 1. The summed E-state index contributed by atoms with van der Waals surface area (Å²) < 4.78 is 0. The van der Waals surface area contributed by atoms with Crippen molar-refractivity contribution < 1.29 is 4.79 Å². The molecule has 0 saturated heterocycles. The molecule has 0 atom stereocenters. The molecule has 0 aromatic heterocycles. The fourth-order valence-electron chi connectivity index (χ4n) is 2.24. The standard InChI is InChI=1S/C18H28NO/c1-3-5-6-7-8-9-10-16-11-13-17(14-12-16)18(20)19-15-4-2/h11-14H,2-10,15H2,1H3,(H,19,20). The molecule has 20 heavy (non-hydrogen) atoms. The number of nitrogens with one attached hydrogen (secondary N) is 1. The summed E-state index contributed by atoms with van der Waals surface area (Å²) in [5.41, 5.74) is 2.07.